The van der Waals surface area contributed by atoms with E-state index in [0.717, 1.165) is 36.8 Å². The van der Waals surface area contributed by atoms with E-state index in [1.54, 1.807) is 0 Å². The number of fused-ring (bicyclic) bond motifs is 1. The fourth-order valence-corrected chi connectivity index (χ4v) is 3.27. The Morgan fingerprint density at radius 2 is 2.35 bits per heavy atom. The molecule has 1 unspecified atom stereocenters. The lowest BCUT2D eigenvalue weighted by Gasteiger charge is -2.25. The number of hydrogen-bond acceptors (Lipinski definition) is 2. The molecule has 1 aromatic rings. The zero-order valence-corrected chi connectivity index (χ0v) is 10.9. The Kier molecular flexibility index (Phi) is 2.80. The minimum absolute atomic E-state index is 0.213. The van der Waals surface area contributed by atoms with Crippen molar-refractivity contribution in [2.75, 3.05) is 13.2 Å². The Labute approximate surface area is 107 Å². The summed E-state index contributed by atoms with van der Waals surface area (Å²) < 4.78 is 5.75. The van der Waals surface area contributed by atoms with Gasteiger partial charge in [-0.15, -0.1) is 0 Å². The summed E-state index contributed by atoms with van der Waals surface area (Å²) in [6, 6.07) is 4.11. The molecule has 3 rings (SSSR count). The molecule has 0 aliphatic carbocycles. The van der Waals surface area contributed by atoms with E-state index in [2.05, 4.69) is 18.3 Å². The molecule has 0 spiro atoms. The van der Waals surface area contributed by atoms with Crippen LogP contribution >= 0.6 is 11.6 Å². The highest BCUT2D eigenvalue weighted by atomic mass is 35.5. The van der Waals surface area contributed by atoms with E-state index in [0.29, 0.717) is 0 Å². The van der Waals surface area contributed by atoms with Crippen molar-refractivity contribution in [1.82, 2.24) is 5.32 Å². The van der Waals surface area contributed by atoms with Crippen molar-refractivity contribution in [1.29, 1.82) is 0 Å². The van der Waals surface area contributed by atoms with Gasteiger partial charge >= 0.3 is 0 Å². The third-order valence-electron chi connectivity index (χ3n) is 3.86. The molecule has 2 aliphatic rings. The van der Waals surface area contributed by atoms with Gasteiger partial charge in [-0.05, 0) is 56.0 Å². The fraction of sp³-hybridized carbons (Fsp3) is 0.571. The first-order valence-corrected chi connectivity index (χ1v) is 6.73. The lowest BCUT2D eigenvalue weighted by Crippen LogP contribution is -2.38. The molecule has 17 heavy (non-hydrogen) atoms. The second kappa shape index (κ2) is 4.18. The third kappa shape index (κ3) is 2.16. The van der Waals surface area contributed by atoms with Crippen LogP contribution in [0.4, 0.5) is 0 Å². The predicted octanol–water partition coefficient (Wildman–Crippen LogP) is 2.96. The molecule has 1 fully saturated rings. The molecule has 2 nitrogen and oxygen atoms in total. The lowest BCUT2D eigenvalue weighted by atomic mass is 9.90. The topological polar surface area (TPSA) is 21.3 Å². The largest absolute Gasteiger partial charge is 0.493 e. The van der Waals surface area contributed by atoms with Crippen LogP contribution in [0.3, 0.4) is 0 Å². The van der Waals surface area contributed by atoms with Gasteiger partial charge in [-0.3, -0.25) is 0 Å². The summed E-state index contributed by atoms with van der Waals surface area (Å²) in [5.74, 6) is 1.09. The van der Waals surface area contributed by atoms with Crippen molar-refractivity contribution in [2.24, 2.45) is 0 Å². The number of ether oxygens (including phenoxy) is 1. The molecule has 2 heterocycles. The van der Waals surface area contributed by atoms with Gasteiger partial charge in [-0.2, -0.15) is 0 Å². The van der Waals surface area contributed by atoms with Gasteiger partial charge in [0.25, 0.3) is 0 Å². The third-order valence-corrected chi connectivity index (χ3v) is 4.08. The van der Waals surface area contributed by atoms with E-state index < -0.39 is 0 Å². The van der Waals surface area contributed by atoms with Crippen LogP contribution in [-0.2, 0) is 12.8 Å². The molecule has 1 saturated heterocycles. The van der Waals surface area contributed by atoms with E-state index in [1.165, 1.54) is 24.0 Å². The summed E-state index contributed by atoms with van der Waals surface area (Å²) >= 11 is 6.18. The van der Waals surface area contributed by atoms with Gasteiger partial charge in [-0.25, -0.2) is 0 Å². The zero-order chi connectivity index (χ0) is 11.9. The Hall–Kier alpha value is -0.730. The highest BCUT2D eigenvalue weighted by Gasteiger charge is 2.30. The van der Waals surface area contributed by atoms with Gasteiger partial charge in [0, 0.05) is 17.0 Å². The average Bonchev–Trinajstić information content (AvgIpc) is 2.86. The van der Waals surface area contributed by atoms with Crippen LogP contribution in [0.25, 0.3) is 0 Å². The van der Waals surface area contributed by atoms with Crippen LogP contribution in [0.15, 0.2) is 12.1 Å². The van der Waals surface area contributed by atoms with Crippen LogP contribution in [-0.4, -0.2) is 18.7 Å². The van der Waals surface area contributed by atoms with Crippen LogP contribution in [0.2, 0.25) is 5.02 Å². The molecule has 1 atom stereocenters. The van der Waals surface area contributed by atoms with Gasteiger partial charge < -0.3 is 10.1 Å². The summed E-state index contributed by atoms with van der Waals surface area (Å²) in [7, 11) is 0. The van der Waals surface area contributed by atoms with Gasteiger partial charge in [0.2, 0.25) is 0 Å². The Morgan fingerprint density at radius 3 is 3.12 bits per heavy atom. The van der Waals surface area contributed by atoms with E-state index in [-0.39, 0.29) is 5.54 Å². The maximum absolute atomic E-state index is 6.18. The standard InChI is InChI=1S/C14H18ClNO/c1-14(4-2-5-16-14)9-11-8-12(15)7-10-3-6-17-13(10)11/h7-8,16H,2-6,9H2,1H3. The van der Waals surface area contributed by atoms with Crippen molar-refractivity contribution < 1.29 is 4.74 Å². The summed E-state index contributed by atoms with van der Waals surface area (Å²) in [6.07, 6.45) is 4.50. The highest BCUT2D eigenvalue weighted by Crippen LogP contribution is 2.36. The summed E-state index contributed by atoms with van der Waals surface area (Å²) in [4.78, 5) is 0. The zero-order valence-electron chi connectivity index (χ0n) is 10.2. The first kappa shape index (κ1) is 11.4. The van der Waals surface area contributed by atoms with Crippen LogP contribution in [0.5, 0.6) is 5.75 Å². The van der Waals surface area contributed by atoms with Crippen LogP contribution in [0, 0.1) is 0 Å². The molecule has 92 valence electrons. The predicted molar refractivity (Wildman–Crippen MR) is 70.0 cm³/mol. The Morgan fingerprint density at radius 1 is 1.47 bits per heavy atom. The molecule has 1 aromatic carbocycles. The molecule has 2 aliphatic heterocycles. The van der Waals surface area contributed by atoms with Crippen molar-refractivity contribution in [3.05, 3.63) is 28.3 Å². The minimum atomic E-state index is 0.213. The van der Waals surface area contributed by atoms with Gasteiger partial charge in [0.15, 0.2) is 0 Å². The van der Waals surface area contributed by atoms with E-state index in [9.17, 15) is 0 Å². The number of halogens is 1. The average molecular weight is 252 g/mol. The van der Waals surface area contributed by atoms with Crippen molar-refractivity contribution in [3.8, 4) is 5.75 Å². The quantitative estimate of drug-likeness (QED) is 0.873. The van der Waals surface area contributed by atoms with Crippen LogP contribution in [0.1, 0.15) is 30.9 Å². The molecular formula is C14H18ClNO. The molecule has 0 radical (unpaired) electrons. The normalized spacial score (nSPS) is 26.9. The van der Waals surface area contributed by atoms with E-state index in [1.807, 2.05) is 6.07 Å². The number of rotatable bonds is 2. The number of nitrogens with one attached hydrogen (secondary N) is 1. The van der Waals surface area contributed by atoms with Crippen LogP contribution < -0.4 is 10.1 Å². The second-order valence-electron chi connectivity index (χ2n) is 5.42. The minimum Gasteiger partial charge on any atom is -0.493 e. The highest BCUT2D eigenvalue weighted by molar-refractivity contribution is 6.30. The lowest BCUT2D eigenvalue weighted by molar-refractivity contribution is 0.345. The molecule has 0 amide bonds. The number of benzene rings is 1. The molecular weight excluding hydrogens is 234 g/mol. The Balaban J connectivity index is 1.92. The molecule has 0 saturated carbocycles. The number of hydrogen-bond donors (Lipinski definition) is 1. The maximum Gasteiger partial charge on any atom is 0.125 e. The second-order valence-corrected chi connectivity index (χ2v) is 5.86. The summed E-state index contributed by atoms with van der Waals surface area (Å²) in [6.45, 7) is 4.22. The molecule has 0 bridgehead atoms. The van der Waals surface area contributed by atoms with Gasteiger partial charge in [0.1, 0.15) is 5.75 Å². The van der Waals surface area contributed by atoms with Gasteiger partial charge in [0.05, 0.1) is 6.61 Å². The van der Waals surface area contributed by atoms with Gasteiger partial charge in [-0.1, -0.05) is 11.6 Å². The summed E-state index contributed by atoms with van der Waals surface area (Å²) in [5.41, 5.74) is 2.75. The van der Waals surface area contributed by atoms with E-state index in [4.69, 9.17) is 16.3 Å². The fourth-order valence-electron chi connectivity index (χ4n) is 3.01. The SMILES string of the molecule is CC1(Cc2cc(Cl)cc3c2OCC3)CCCN1. The van der Waals surface area contributed by atoms with E-state index >= 15 is 0 Å². The van der Waals surface area contributed by atoms with Crippen molar-refractivity contribution >= 4 is 11.6 Å². The summed E-state index contributed by atoms with van der Waals surface area (Å²) in [5, 5.41) is 4.43. The monoisotopic (exact) mass is 251 g/mol. The maximum atomic E-state index is 6.18. The first-order valence-electron chi connectivity index (χ1n) is 6.35. The molecule has 3 heteroatoms. The first-order chi connectivity index (χ1) is 8.16. The van der Waals surface area contributed by atoms with Crippen molar-refractivity contribution in [3.63, 3.8) is 0 Å². The molecule has 0 aromatic heterocycles. The van der Waals surface area contributed by atoms with Crippen molar-refractivity contribution in [2.45, 2.75) is 38.1 Å². The molecule has 1 N–H and O–H groups in total. The smallest absolute Gasteiger partial charge is 0.125 e. The Bertz CT molecular complexity index is 438.